The first-order valence-corrected chi connectivity index (χ1v) is 15.1. The Morgan fingerprint density at radius 3 is 2.21 bits per heavy atom. The van der Waals surface area contributed by atoms with E-state index in [0.29, 0.717) is 30.9 Å². The quantitative estimate of drug-likeness (QED) is 0.119. The van der Waals surface area contributed by atoms with Gasteiger partial charge in [0, 0.05) is 26.1 Å². The Balaban J connectivity index is 1.67. The molecule has 8 heteroatoms. The maximum absolute atomic E-state index is 13.5. The highest BCUT2D eigenvalue weighted by molar-refractivity contribution is 6.13. The highest BCUT2D eigenvalue weighted by Crippen LogP contribution is 2.27. The standard InChI is InChI=1S/C34H42N4O4/c1-5-8-15-31-35-23-27(22-30-32(39)37(21-10-7-3)34(41)36(30)20-9-6-2)38(31)24-25-16-18-26(19-17-25)28-13-11-12-14-29(28)33(40)42-4/h11-14,16-19,22-23H,5-10,15,20-21,24H2,1-4H3/b30-22-. The number of benzene rings is 2. The lowest BCUT2D eigenvalue weighted by atomic mass is 9.98. The number of ether oxygens (including phenoxy) is 1. The Morgan fingerprint density at radius 1 is 0.881 bits per heavy atom. The number of rotatable bonds is 14. The van der Waals surface area contributed by atoms with E-state index in [0.717, 1.165) is 73.2 Å². The number of hydrogen-bond acceptors (Lipinski definition) is 5. The molecule has 1 aromatic heterocycles. The molecule has 2 aromatic carbocycles. The van der Waals surface area contributed by atoms with Gasteiger partial charge < -0.3 is 9.30 Å². The first kappa shape index (κ1) is 30.8. The molecule has 0 atom stereocenters. The Kier molecular flexibility index (Phi) is 10.7. The molecule has 1 saturated heterocycles. The summed E-state index contributed by atoms with van der Waals surface area (Å²) < 4.78 is 7.11. The fraction of sp³-hybridized carbons (Fsp3) is 0.412. The average Bonchev–Trinajstić information content (AvgIpc) is 3.49. The van der Waals surface area contributed by atoms with Gasteiger partial charge in [-0.15, -0.1) is 0 Å². The van der Waals surface area contributed by atoms with Gasteiger partial charge in [-0.05, 0) is 48.1 Å². The average molecular weight is 571 g/mol. The number of methoxy groups -OCH3 is 1. The summed E-state index contributed by atoms with van der Waals surface area (Å²) in [4.78, 5) is 46.7. The van der Waals surface area contributed by atoms with Gasteiger partial charge >= 0.3 is 12.0 Å². The summed E-state index contributed by atoms with van der Waals surface area (Å²) in [6.45, 7) is 7.79. The number of amides is 3. The lowest BCUT2D eigenvalue weighted by Crippen LogP contribution is -2.34. The molecule has 222 valence electrons. The number of nitrogens with zero attached hydrogens (tertiary/aromatic N) is 4. The molecule has 1 fully saturated rings. The third-order valence-electron chi connectivity index (χ3n) is 7.63. The van der Waals surface area contributed by atoms with Gasteiger partial charge in [-0.3, -0.25) is 14.6 Å². The number of esters is 1. The van der Waals surface area contributed by atoms with Crippen molar-refractivity contribution in [2.24, 2.45) is 0 Å². The predicted octanol–water partition coefficient (Wildman–Crippen LogP) is 6.93. The van der Waals surface area contributed by atoms with E-state index in [1.165, 1.54) is 12.0 Å². The van der Waals surface area contributed by atoms with Gasteiger partial charge in [-0.2, -0.15) is 0 Å². The van der Waals surface area contributed by atoms with Crippen molar-refractivity contribution >= 4 is 24.0 Å². The molecule has 4 rings (SSSR count). The van der Waals surface area contributed by atoms with Crippen molar-refractivity contribution in [2.75, 3.05) is 20.2 Å². The fourth-order valence-corrected chi connectivity index (χ4v) is 5.17. The van der Waals surface area contributed by atoms with E-state index in [4.69, 9.17) is 9.72 Å². The number of aromatic nitrogens is 2. The van der Waals surface area contributed by atoms with E-state index in [1.807, 2.05) is 54.7 Å². The van der Waals surface area contributed by atoms with Crippen LogP contribution in [0.15, 0.2) is 60.4 Å². The zero-order valence-corrected chi connectivity index (χ0v) is 25.3. The number of carbonyl (C=O) groups excluding carboxylic acids is 3. The predicted molar refractivity (Wildman–Crippen MR) is 165 cm³/mol. The summed E-state index contributed by atoms with van der Waals surface area (Å²) in [6.07, 6.45) is 9.96. The van der Waals surface area contributed by atoms with Crippen molar-refractivity contribution < 1.29 is 19.1 Å². The number of imidazole rings is 1. The normalized spacial score (nSPS) is 14.3. The van der Waals surface area contributed by atoms with Gasteiger partial charge in [0.15, 0.2) is 0 Å². The summed E-state index contributed by atoms with van der Waals surface area (Å²) in [5, 5.41) is 0. The fourth-order valence-electron chi connectivity index (χ4n) is 5.17. The Morgan fingerprint density at radius 2 is 1.55 bits per heavy atom. The van der Waals surface area contributed by atoms with Crippen LogP contribution in [0.1, 0.15) is 86.7 Å². The van der Waals surface area contributed by atoms with Gasteiger partial charge in [0.1, 0.15) is 11.5 Å². The maximum atomic E-state index is 13.5. The second kappa shape index (κ2) is 14.6. The summed E-state index contributed by atoms with van der Waals surface area (Å²) in [7, 11) is 1.39. The molecule has 0 bridgehead atoms. The van der Waals surface area contributed by atoms with Crippen molar-refractivity contribution in [3.8, 4) is 11.1 Å². The third kappa shape index (κ3) is 6.81. The molecule has 42 heavy (non-hydrogen) atoms. The van der Waals surface area contributed by atoms with Crippen molar-refractivity contribution in [3.05, 3.63) is 83.1 Å². The highest BCUT2D eigenvalue weighted by Gasteiger charge is 2.40. The molecule has 0 unspecified atom stereocenters. The highest BCUT2D eigenvalue weighted by atomic mass is 16.5. The van der Waals surface area contributed by atoms with Crippen LogP contribution in [-0.2, 0) is 22.5 Å². The Hall–Kier alpha value is -4.20. The number of unbranched alkanes of at least 4 members (excludes halogenated alkanes) is 3. The minimum absolute atomic E-state index is 0.228. The summed E-state index contributed by atoms with van der Waals surface area (Å²) in [5.41, 5.74) is 4.55. The van der Waals surface area contributed by atoms with Gasteiger partial charge in [-0.25, -0.2) is 14.6 Å². The summed E-state index contributed by atoms with van der Waals surface area (Å²) >= 11 is 0. The van der Waals surface area contributed by atoms with Crippen LogP contribution in [-0.4, -0.2) is 57.5 Å². The van der Waals surface area contributed by atoms with E-state index in [-0.39, 0.29) is 17.9 Å². The first-order valence-electron chi connectivity index (χ1n) is 15.1. The minimum atomic E-state index is -0.368. The molecule has 3 aromatic rings. The number of hydrogen-bond donors (Lipinski definition) is 0. The van der Waals surface area contributed by atoms with Crippen molar-refractivity contribution in [1.29, 1.82) is 0 Å². The molecular formula is C34H42N4O4. The molecule has 3 amide bonds. The van der Waals surface area contributed by atoms with Crippen LogP contribution in [0.25, 0.3) is 17.2 Å². The molecule has 1 aliphatic rings. The monoisotopic (exact) mass is 570 g/mol. The summed E-state index contributed by atoms with van der Waals surface area (Å²) in [5.74, 6) is 0.345. The Labute approximate surface area is 249 Å². The third-order valence-corrected chi connectivity index (χ3v) is 7.63. The SMILES string of the molecule is CCCCc1ncc(/C=C2/C(=O)N(CCCC)C(=O)N2CCCC)n1Cc1ccc(-c2ccccc2C(=O)OC)cc1. The number of carbonyl (C=O) groups is 3. The summed E-state index contributed by atoms with van der Waals surface area (Å²) in [6, 6.07) is 15.3. The lowest BCUT2D eigenvalue weighted by molar-refractivity contribution is -0.123. The zero-order chi connectivity index (χ0) is 30.1. The second-order valence-corrected chi connectivity index (χ2v) is 10.7. The van der Waals surface area contributed by atoms with Gasteiger partial charge in [0.25, 0.3) is 5.91 Å². The van der Waals surface area contributed by atoms with Crippen LogP contribution < -0.4 is 0 Å². The minimum Gasteiger partial charge on any atom is -0.465 e. The lowest BCUT2D eigenvalue weighted by Gasteiger charge is -2.17. The van der Waals surface area contributed by atoms with Crippen molar-refractivity contribution in [3.63, 3.8) is 0 Å². The molecule has 1 aliphatic heterocycles. The zero-order valence-electron chi connectivity index (χ0n) is 25.3. The molecule has 0 N–H and O–H groups in total. The van der Waals surface area contributed by atoms with Crippen molar-refractivity contribution in [1.82, 2.24) is 19.4 Å². The largest absolute Gasteiger partial charge is 0.465 e. The van der Waals surface area contributed by atoms with E-state index < -0.39 is 0 Å². The van der Waals surface area contributed by atoms with Crippen molar-refractivity contribution in [2.45, 2.75) is 72.3 Å². The molecule has 0 saturated carbocycles. The maximum Gasteiger partial charge on any atom is 0.338 e. The van der Waals surface area contributed by atoms with Crippen LogP contribution in [0.5, 0.6) is 0 Å². The molecule has 2 heterocycles. The molecule has 0 aliphatic carbocycles. The van der Waals surface area contributed by atoms with Gasteiger partial charge in [0.2, 0.25) is 0 Å². The van der Waals surface area contributed by atoms with Crippen LogP contribution >= 0.6 is 0 Å². The topological polar surface area (TPSA) is 84.7 Å². The van der Waals surface area contributed by atoms with E-state index >= 15 is 0 Å². The van der Waals surface area contributed by atoms with E-state index in [2.05, 4.69) is 25.3 Å². The number of imide groups is 1. The van der Waals surface area contributed by atoms with Crippen LogP contribution in [0.3, 0.4) is 0 Å². The number of urea groups is 1. The van der Waals surface area contributed by atoms with E-state index in [9.17, 15) is 14.4 Å². The molecule has 0 spiro atoms. The van der Waals surface area contributed by atoms with Gasteiger partial charge in [-0.1, -0.05) is 82.5 Å². The van der Waals surface area contributed by atoms with Crippen LogP contribution in [0, 0.1) is 0 Å². The molecular weight excluding hydrogens is 528 g/mol. The van der Waals surface area contributed by atoms with Crippen LogP contribution in [0.4, 0.5) is 4.79 Å². The smallest absolute Gasteiger partial charge is 0.338 e. The van der Waals surface area contributed by atoms with Crippen LogP contribution in [0.2, 0.25) is 0 Å². The second-order valence-electron chi connectivity index (χ2n) is 10.7. The molecule has 8 nitrogen and oxygen atoms in total. The van der Waals surface area contributed by atoms with Gasteiger partial charge in [0.05, 0.1) is 24.6 Å². The number of aryl methyl sites for hydroxylation is 1. The molecule has 0 radical (unpaired) electrons. The first-order chi connectivity index (χ1) is 20.4. The van der Waals surface area contributed by atoms with E-state index in [1.54, 1.807) is 11.0 Å². The Bertz CT molecular complexity index is 1420.